The van der Waals surface area contributed by atoms with Crippen molar-refractivity contribution >= 4 is 17.7 Å². The van der Waals surface area contributed by atoms with E-state index in [9.17, 15) is 5.11 Å². The molecule has 0 aliphatic carbocycles. The summed E-state index contributed by atoms with van der Waals surface area (Å²) in [6.45, 7) is 0.135. The number of hydrogen-bond donors (Lipinski definition) is 2. The molecule has 0 saturated carbocycles. The SMILES string of the molecule is OCCC=Cc1ccc(Cl)c(O)c1. The van der Waals surface area contributed by atoms with Crippen molar-refractivity contribution in [2.45, 2.75) is 6.42 Å². The third kappa shape index (κ3) is 3.09. The molecular formula is C10H11ClO2. The van der Waals surface area contributed by atoms with Crippen LogP contribution < -0.4 is 0 Å². The van der Waals surface area contributed by atoms with E-state index >= 15 is 0 Å². The van der Waals surface area contributed by atoms with Crippen molar-refractivity contribution < 1.29 is 10.2 Å². The van der Waals surface area contributed by atoms with Crippen LogP contribution in [0.1, 0.15) is 12.0 Å². The summed E-state index contributed by atoms with van der Waals surface area (Å²) < 4.78 is 0. The smallest absolute Gasteiger partial charge is 0.134 e. The maximum Gasteiger partial charge on any atom is 0.134 e. The van der Waals surface area contributed by atoms with Crippen LogP contribution in [0.5, 0.6) is 5.75 Å². The molecular weight excluding hydrogens is 188 g/mol. The van der Waals surface area contributed by atoms with Crippen LogP contribution in [0.25, 0.3) is 6.08 Å². The second kappa shape index (κ2) is 4.90. The van der Waals surface area contributed by atoms with Gasteiger partial charge in [-0.3, -0.25) is 0 Å². The van der Waals surface area contributed by atoms with E-state index in [1.54, 1.807) is 18.2 Å². The number of hydrogen-bond acceptors (Lipinski definition) is 2. The van der Waals surface area contributed by atoms with E-state index in [0.29, 0.717) is 11.4 Å². The maximum atomic E-state index is 9.24. The zero-order chi connectivity index (χ0) is 9.68. The van der Waals surface area contributed by atoms with Crippen LogP contribution in [0.4, 0.5) is 0 Å². The summed E-state index contributed by atoms with van der Waals surface area (Å²) in [6.07, 6.45) is 4.28. The number of rotatable bonds is 3. The summed E-state index contributed by atoms with van der Waals surface area (Å²) in [5.74, 6) is 0.0767. The van der Waals surface area contributed by atoms with Gasteiger partial charge in [-0.15, -0.1) is 0 Å². The molecule has 0 unspecified atom stereocenters. The minimum absolute atomic E-state index is 0.0767. The predicted octanol–water partition coefficient (Wildman–Crippen LogP) is 2.44. The Hall–Kier alpha value is -0.990. The zero-order valence-corrected chi connectivity index (χ0v) is 7.83. The molecule has 0 aliphatic rings. The fourth-order valence-electron chi connectivity index (χ4n) is 0.927. The van der Waals surface area contributed by atoms with Gasteiger partial charge in [0, 0.05) is 6.61 Å². The lowest BCUT2D eigenvalue weighted by atomic mass is 10.2. The lowest BCUT2D eigenvalue weighted by Gasteiger charge is -1.97. The quantitative estimate of drug-likeness (QED) is 0.783. The molecule has 0 aromatic heterocycles. The van der Waals surface area contributed by atoms with Crippen molar-refractivity contribution in [3.05, 3.63) is 34.9 Å². The first-order chi connectivity index (χ1) is 6.24. The van der Waals surface area contributed by atoms with E-state index < -0.39 is 0 Å². The first kappa shape index (κ1) is 10.1. The summed E-state index contributed by atoms with van der Waals surface area (Å²) in [6, 6.07) is 5.02. The predicted molar refractivity (Wildman–Crippen MR) is 53.9 cm³/mol. The number of phenols is 1. The molecule has 0 fully saturated rings. The monoisotopic (exact) mass is 198 g/mol. The molecule has 3 heteroatoms. The summed E-state index contributed by atoms with van der Waals surface area (Å²) >= 11 is 5.63. The molecule has 2 N–H and O–H groups in total. The molecule has 1 rings (SSSR count). The van der Waals surface area contributed by atoms with Crippen LogP contribution in [-0.2, 0) is 0 Å². The molecule has 1 aromatic rings. The molecule has 0 bridgehead atoms. The van der Waals surface area contributed by atoms with Crippen LogP contribution in [-0.4, -0.2) is 16.8 Å². The number of aromatic hydroxyl groups is 1. The van der Waals surface area contributed by atoms with Crippen molar-refractivity contribution in [3.63, 3.8) is 0 Å². The Morgan fingerprint density at radius 2 is 2.15 bits per heavy atom. The van der Waals surface area contributed by atoms with Crippen molar-refractivity contribution in [1.29, 1.82) is 0 Å². The van der Waals surface area contributed by atoms with Gasteiger partial charge in [0.25, 0.3) is 0 Å². The molecule has 0 saturated heterocycles. The van der Waals surface area contributed by atoms with Crippen LogP contribution in [0.2, 0.25) is 5.02 Å². The van der Waals surface area contributed by atoms with Crippen LogP contribution in [0, 0.1) is 0 Å². The second-order valence-corrected chi connectivity index (χ2v) is 3.03. The highest BCUT2D eigenvalue weighted by Crippen LogP contribution is 2.24. The summed E-state index contributed by atoms with van der Waals surface area (Å²) in [4.78, 5) is 0. The maximum absolute atomic E-state index is 9.24. The van der Waals surface area contributed by atoms with Gasteiger partial charge in [0.1, 0.15) is 5.75 Å². The normalized spacial score (nSPS) is 10.9. The van der Waals surface area contributed by atoms with Crippen molar-refractivity contribution in [1.82, 2.24) is 0 Å². The van der Waals surface area contributed by atoms with E-state index in [1.807, 2.05) is 12.2 Å². The Labute approximate surface area is 82.1 Å². The van der Waals surface area contributed by atoms with Crippen molar-refractivity contribution in [2.75, 3.05) is 6.61 Å². The Bertz CT molecular complexity index is 308. The molecule has 2 nitrogen and oxygen atoms in total. The highest BCUT2D eigenvalue weighted by Gasteiger charge is 1.96. The molecule has 70 valence electrons. The lowest BCUT2D eigenvalue weighted by molar-refractivity contribution is 0.303. The van der Waals surface area contributed by atoms with E-state index in [4.69, 9.17) is 16.7 Å². The lowest BCUT2D eigenvalue weighted by Crippen LogP contribution is -1.77. The summed E-state index contributed by atoms with van der Waals surface area (Å²) in [7, 11) is 0. The van der Waals surface area contributed by atoms with Gasteiger partial charge in [0.15, 0.2) is 0 Å². The van der Waals surface area contributed by atoms with Crippen LogP contribution >= 0.6 is 11.6 Å². The van der Waals surface area contributed by atoms with E-state index in [2.05, 4.69) is 0 Å². The van der Waals surface area contributed by atoms with E-state index in [-0.39, 0.29) is 12.4 Å². The minimum atomic E-state index is 0.0767. The molecule has 0 radical (unpaired) electrons. The van der Waals surface area contributed by atoms with Gasteiger partial charge in [-0.1, -0.05) is 29.8 Å². The Balaban J connectivity index is 2.73. The molecule has 0 spiro atoms. The van der Waals surface area contributed by atoms with Crippen molar-refractivity contribution in [3.8, 4) is 5.75 Å². The van der Waals surface area contributed by atoms with Gasteiger partial charge < -0.3 is 10.2 Å². The van der Waals surface area contributed by atoms with E-state index in [1.165, 1.54) is 0 Å². The third-order valence-electron chi connectivity index (χ3n) is 1.58. The van der Waals surface area contributed by atoms with E-state index in [0.717, 1.165) is 5.56 Å². The third-order valence-corrected chi connectivity index (χ3v) is 1.90. The van der Waals surface area contributed by atoms with Gasteiger partial charge in [0.05, 0.1) is 5.02 Å². The van der Waals surface area contributed by atoms with Gasteiger partial charge in [-0.2, -0.15) is 0 Å². The number of benzene rings is 1. The first-order valence-corrected chi connectivity index (χ1v) is 4.38. The number of aliphatic hydroxyl groups is 1. The Morgan fingerprint density at radius 3 is 2.77 bits per heavy atom. The largest absolute Gasteiger partial charge is 0.506 e. The topological polar surface area (TPSA) is 40.5 Å². The fraction of sp³-hybridized carbons (Fsp3) is 0.200. The zero-order valence-electron chi connectivity index (χ0n) is 7.07. The standard InChI is InChI=1S/C10H11ClO2/c11-9-5-4-8(7-10(9)13)3-1-2-6-12/h1,3-5,7,12-13H,2,6H2. The van der Waals surface area contributed by atoms with Gasteiger partial charge in [-0.05, 0) is 24.1 Å². The summed E-state index contributed by atoms with van der Waals surface area (Å²) in [5.41, 5.74) is 0.871. The highest BCUT2D eigenvalue weighted by atomic mass is 35.5. The number of phenolic OH excluding ortho intramolecular Hbond substituents is 1. The van der Waals surface area contributed by atoms with Crippen molar-refractivity contribution in [2.24, 2.45) is 0 Å². The van der Waals surface area contributed by atoms with Crippen LogP contribution in [0.3, 0.4) is 0 Å². The van der Waals surface area contributed by atoms with Gasteiger partial charge >= 0.3 is 0 Å². The summed E-state index contributed by atoms with van der Waals surface area (Å²) in [5, 5.41) is 18.1. The molecule has 0 amide bonds. The molecule has 0 aliphatic heterocycles. The van der Waals surface area contributed by atoms with Crippen LogP contribution in [0.15, 0.2) is 24.3 Å². The minimum Gasteiger partial charge on any atom is -0.506 e. The number of halogens is 1. The fourth-order valence-corrected chi connectivity index (χ4v) is 1.04. The van der Waals surface area contributed by atoms with Gasteiger partial charge in [0.2, 0.25) is 0 Å². The first-order valence-electron chi connectivity index (χ1n) is 4.00. The highest BCUT2D eigenvalue weighted by molar-refractivity contribution is 6.32. The Kier molecular flexibility index (Phi) is 3.80. The molecule has 0 atom stereocenters. The average Bonchev–Trinajstić information content (AvgIpc) is 2.12. The molecule has 1 aromatic carbocycles. The van der Waals surface area contributed by atoms with Gasteiger partial charge in [-0.25, -0.2) is 0 Å². The number of aliphatic hydroxyl groups excluding tert-OH is 1. The Morgan fingerprint density at radius 1 is 1.38 bits per heavy atom. The second-order valence-electron chi connectivity index (χ2n) is 2.63. The molecule has 13 heavy (non-hydrogen) atoms. The molecule has 0 heterocycles. The average molecular weight is 199 g/mol.